The molecule has 0 aliphatic carbocycles. The van der Waals surface area contributed by atoms with Crippen LogP contribution in [0.25, 0.3) is 0 Å². The number of methoxy groups -OCH3 is 1. The summed E-state index contributed by atoms with van der Waals surface area (Å²) in [5.41, 5.74) is 0.283. The first-order chi connectivity index (χ1) is 8.70. The first-order valence-corrected chi connectivity index (χ1v) is 6.62. The van der Waals surface area contributed by atoms with Gasteiger partial charge in [0.05, 0.1) is 19.7 Å². The predicted molar refractivity (Wildman–Crippen MR) is 66.3 cm³/mol. The molecule has 2 N–H and O–H groups in total. The Morgan fingerprint density at radius 1 is 1.67 bits per heavy atom. The standard InChI is InChI=1S/C11H15N3O3S/c1-17-11(16)8-6-18-9(14-8)5-13-10(15)7-3-2-4-12-7/h6-7,12H,2-5H2,1H3,(H,13,15). The summed E-state index contributed by atoms with van der Waals surface area (Å²) < 4.78 is 4.56. The van der Waals surface area contributed by atoms with E-state index in [4.69, 9.17) is 0 Å². The zero-order chi connectivity index (χ0) is 13.0. The third-order valence-electron chi connectivity index (χ3n) is 2.74. The van der Waals surface area contributed by atoms with Crippen LogP contribution < -0.4 is 10.6 Å². The molecule has 18 heavy (non-hydrogen) atoms. The number of carbonyl (C=O) groups is 2. The molecule has 0 spiro atoms. The van der Waals surface area contributed by atoms with Gasteiger partial charge in [-0.15, -0.1) is 11.3 Å². The van der Waals surface area contributed by atoms with Crippen molar-refractivity contribution in [2.24, 2.45) is 0 Å². The van der Waals surface area contributed by atoms with Gasteiger partial charge in [-0.2, -0.15) is 0 Å². The molecular weight excluding hydrogens is 254 g/mol. The van der Waals surface area contributed by atoms with Crippen LogP contribution in [0.2, 0.25) is 0 Å². The fourth-order valence-corrected chi connectivity index (χ4v) is 2.49. The third-order valence-corrected chi connectivity index (χ3v) is 3.59. The maximum Gasteiger partial charge on any atom is 0.357 e. The van der Waals surface area contributed by atoms with Gasteiger partial charge in [-0.1, -0.05) is 0 Å². The number of nitrogens with zero attached hydrogens (tertiary/aromatic N) is 1. The van der Waals surface area contributed by atoms with Crippen molar-refractivity contribution in [2.45, 2.75) is 25.4 Å². The van der Waals surface area contributed by atoms with Gasteiger partial charge in [0.1, 0.15) is 5.01 Å². The average Bonchev–Trinajstić information content (AvgIpc) is 3.05. The fourth-order valence-electron chi connectivity index (χ4n) is 1.78. The summed E-state index contributed by atoms with van der Waals surface area (Å²) >= 11 is 1.33. The van der Waals surface area contributed by atoms with Crippen molar-refractivity contribution in [1.29, 1.82) is 0 Å². The van der Waals surface area contributed by atoms with Crippen LogP contribution in [0.5, 0.6) is 0 Å². The van der Waals surface area contributed by atoms with E-state index >= 15 is 0 Å². The van der Waals surface area contributed by atoms with Crippen molar-refractivity contribution in [1.82, 2.24) is 15.6 Å². The van der Waals surface area contributed by atoms with Crippen molar-refractivity contribution in [3.05, 3.63) is 16.1 Å². The minimum absolute atomic E-state index is 0.0117. The monoisotopic (exact) mass is 269 g/mol. The number of thiazole rings is 1. The van der Waals surface area contributed by atoms with Gasteiger partial charge >= 0.3 is 5.97 Å². The summed E-state index contributed by atoms with van der Waals surface area (Å²) in [6.45, 7) is 1.24. The number of carbonyl (C=O) groups excluding carboxylic acids is 2. The maximum absolute atomic E-state index is 11.7. The second-order valence-electron chi connectivity index (χ2n) is 3.98. The summed E-state index contributed by atoms with van der Waals surface area (Å²) in [5, 5.41) is 8.25. The van der Waals surface area contributed by atoms with E-state index in [0.29, 0.717) is 11.6 Å². The van der Waals surface area contributed by atoms with Gasteiger partial charge < -0.3 is 15.4 Å². The lowest BCUT2D eigenvalue weighted by molar-refractivity contribution is -0.122. The Morgan fingerprint density at radius 3 is 3.17 bits per heavy atom. The fraction of sp³-hybridized carbons (Fsp3) is 0.545. The molecule has 1 atom stereocenters. The van der Waals surface area contributed by atoms with Crippen LogP contribution in [0, 0.1) is 0 Å². The summed E-state index contributed by atoms with van der Waals surface area (Å²) in [6.07, 6.45) is 1.90. The molecule has 1 aliphatic rings. The van der Waals surface area contributed by atoms with Crippen LogP contribution >= 0.6 is 11.3 Å². The van der Waals surface area contributed by atoms with E-state index in [9.17, 15) is 9.59 Å². The number of aromatic nitrogens is 1. The van der Waals surface area contributed by atoms with E-state index in [1.54, 1.807) is 5.38 Å². The Kier molecular flexibility index (Phi) is 4.27. The zero-order valence-electron chi connectivity index (χ0n) is 10.1. The van der Waals surface area contributed by atoms with Crippen LogP contribution in [0.1, 0.15) is 28.3 Å². The highest BCUT2D eigenvalue weighted by atomic mass is 32.1. The van der Waals surface area contributed by atoms with Gasteiger partial charge in [-0.25, -0.2) is 9.78 Å². The topological polar surface area (TPSA) is 80.3 Å². The molecule has 1 unspecified atom stereocenters. The SMILES string of the molecule is COC(=O)c1csc(CNC(=O)C2CCCN2)n1. The first-order valence-electron chi connectivity index (χ1n) is 5.74. The Hall–Kier alpha value is -1.47. The van der Waals surface area contributed by atoms with E-state index in [2.05, 4.69) is 20.4 Å². The van der Waals surface area contributed by atoms with E-state index in [1.807, 2.05) is 0 Å². The summed E-state index contributed by atoms with van der Waals surface area (Å²) in [6, 6.07) is -0.0926. The number of ether oxygens (including phenoxy) is 1. The van der Waals surface area contributed by atoms with Crippen molar-refractivity contribution in [3.63, 3.8) is 0 Å². The van der Waals surface area contributed by atoms with E-state index in [-0.39, 0.29) is 17.6 Å². The average molecular weight is 269 g/mol. The molecule has 2 rings (SSSR count). The Labute approximate surface area is 109 Å². The smallest absolute Gasteiger partial charge is 0.357 e. The molecule has 0 aromatic carbocycles. The van der Waals surface area contributed by atoms with Gasteiger partial charge in [-0.05, 0) is 19.4 Å². The normalized spacial score (nSPS) is 18.6. The minimum Gasteiger partial charge on any atom is -0.464 e. The number of amides is 1. The molecule has 0 bridgehead atoms. The van der Waals surface area contributed by atoms with E-state index < -0.39 is 5.97 Å². The molecule has 0 radical (unpaired) electrons. The van der Waals surface area contributed by atoms with Crippen LogP contribution in [0.4, 0.5) is 0 Å². The highest BCUT2D eigenvalue weighted by Crippen LogP contribution is 2.11. The highest BCUT2D eigenvalue weighted by Gasteiger charge is 2.21. The molecular formula is C11H15N3O3S. The molecule has 1 aromatic rings. The van der Waals surface area contributed by atoms with E-state index in [1.165, 1.54) is 18.4 Å². The van der Waals surface area contributed by atoms with Crippen LogP contribution in [-0.2, 0) is 16.1 Å². The van der Waals surface area contributed by atoms with Crippen molar-refractivity contribution in [3.8, 4) is 0 Å². The van der Waals surface area contributed by atoms with Crippen LogP contribution in [-0.4, -0.2) is 36.6 Å². The Balaban J connectivity index is 1.84. The van der Waals surface area contributed by atoms with Crippen LogP contribution in [0.15, 0.2) is 5.38 Å². The molecule has 0 saturated carbocycles. The van der Waals surface area contributed by atoms with Gasteiger partial charge in [0.15, 0.2) is 5.69 Å². The molecule has 6 nitrogen and oxygen atoms in total. The molecule has 98 valence electrons. The summed E-state index contributed by atoms with van der Waals surface area (Å²) in [5.74, 6) is -0.469. The minimum atomic E-state index is -0.457. The maximum atomic E-state index is 11.7. The first kappa shape index (κ1) is 13.0. The van der Waals surface area contributed by atoms with Gasteiger partial charge in [-0.3, -0.25) is 4.79 Å². The van der Waals surface area contributed by atoms with Gasteiger partial charge in [0, 0.05) is 5.38 Å². The molecule has 1 saturated heterocycles. The molecule has 7 heteroatoms. The zero-order valence-corrected chi connectivity index (χ0v) is 10.9. The predicted octanol–water partition coefficient (Wildman–Crippen LogP) is 0.298. The lowest BCUT2D eigenvalue weighted by Gasteiger charge is -2.09. The second-order valence-corrected chi connectivity index (χ2v) is 4.93. The number of hydrogen-bond acceptors (Lipinski definition) is 6. The lowest BCUT2D eigenvalue weighted by atomic mass is 10.2. The van der Waals surface area contributed by atoms with Crippen molar-refractivity contribution >= 4 is 23.2 Å². The number of hydrogen-bond donors (Lipinski definition) is 2. The number of esters is 1. The van der Waals surface area contributed by atoms with Crippen LogP contribution in [0.3, 0.4) is 0 Å². The van der Waals surface area contributed by atoms with Gasteiger partial charge in [0.2, 0.25) is 5.91 Å². The quantitative estimate of drug-likeness (QED) is 0.768. The number of rotatable bonds is 4. The third kappa shape index (κ3) is 3.05. The molecule has 1 amide bonds. The Bertz CT molecular complexity index is 440. The molecule has 2 heterocycles. The summed E-state index contributed by atoms with van der Waals surface area (Å²) in [4.78, 5) is 27.0. The van der Waals surface area contributed by atoms with Crippen molar-refractivity contribution in [2.75, 3.05) is 13.7 Å². The second kappa shape index (κ2) is 5.92. The molecule has 1 aromatic heterocycles. The largest absolute Gasteiger partial charge is 0.464 e. The highest BCUT2D eigenvalue weighted by molar-refractivity contribution is 7.09. The summed E-state index contributed by atoms with van der Waals surface area (Å²) in [7, 11) is 1.31. The molecule has 1 aliphatic heterocycles. The lowest BCUT2D eigenvalue weighted by Crippen LogP contribution is -2.39. The van der Waals surface area contributed by atoms with E-state index in [0.717, 1.165) is 19.4 Å². The van der Waals surface area contributed by atoms with Gasteiger partial charge in [0.25, 0.3) is 0 Å². The molecule has 1 fully saturated rings. The Morgan fingerprint density at radius 2 is 2.50 bits per heavy atom. The van der Waals surface area contributed by atoms with Crippen molar-refractivity contribution < 1.29 is 14.3 Å². The number of nitrogens with one attached hydrogen (secondary N) is 2.